The summed E-state index contributed by atoms with van der Waals surface area (Å²) in [6.45, 7) is 13.8. The normalized spacial score (nSPS) is 31.8. The summed E-state index contributed by atoms with van der Waals surface area (Å²) >= 11 is 0. The van der Waals surface area contributed by atoms with Crippen molar-refractivity contribution in [3.05, 3.63) is 63.4 Å². The Hall–Kier alpha value is -1.90. The molecule has 2 aromatic heterocycles. The first kappa shape index (κ1) is 18.8. The summed E-state index contributed by atoms with van der Waals surface area (Å²) in [4.78, 5) is 5.23. The van der Waals surface area contributed by atoms with Crippen molar-refractivity contribution in [2.24, 2.45) is 22.7 Å². The topological polar surface area (TPSA) is 39.8 Å². The summed E-state index contributed by atoms with van der Waals surface area (Å²) in [5, 5.41) is 13.7. The molecular weight excluding hydrogens is 368 g/mol. The van der Waals surface area contributed by atoms with E-state index in [0.717, 1.165) is 41.8 Å². The number of aromatic nitrogens is 2. The second kappa shape index (κ2) is 5.47. The molecule has 6 aliphatic rings. The van der Waals surface area contributed by atoms with E-state index in [1.54, 1.807) is 0 Å². The number of pyridine rings is 2. The number of rotatable bonds is 2. The number of hydrogen-bond donors (Lipinski definition) is 0. The van der Waals surface area contributed by atoms with E-state index in [9.17, 15) is 5.21 Å². The minimum absolute atomic E-state index is 0.248. The Morgan fingerprint density at radius 1 is 0.900 bits per heavy atom. The van der Waals surface area contributed by atoms with Gasteiger partial charge in [-0.15, -0.1) is 0 Å². The van der Waals surface area contributed by atoms with Gasteiger partial charge in [0.15, 0.2) is 5.69 Å². The highest BCUT2D eigenvalue weighted by Gasteiger charge is 2.57. The lowest BCUT2D eigenvalue weighted by atomic mass is 9.48. The summed E-state index contributed by atoms with van der Waals surface area (Å²) in [5.74, 6) is 2.49. The molecule has 30 heavy (non-hydrogen) atoms. The van der Waals surface area contributed by atoms with Gasteiger partial charge >= 0.3 is 0 Å². The minimum Gasteiger partial charge on any atom is -0.618 e. The molecule has 2 aromatic rings. The van der Waals surface area contributed by atoms with Crippen molar-refractivity contribution in [3.63, 3.8) is 0 Å². The highest BCUT2D eigenvalue weighted by molar-refractivity contribution is 5.40. The molecule has 4 bridgehead atoms. The Kier molecular flexibility index (Phi) is 3.43. The predicted octanol–water partition coefficient (Wildman–Crippen LogP) is 5.41. The van der Waals surface area contributed by atoms with Crippen molar-refractivity contribution in [3.8, 4) is 0 Å². The van der Waals surface area contributed by atoms with Crippen molar-refractivity contribution in [2.75, 3.05) is 0 Å². The first-order chi connectivity index (χ1) is 14.0. The lowest BCUT2D eigenvalue weighted by molar-refractivity contribution is -0.631. The highest BCUT2D eigenvalue weighted by Crippen LogP contribution is 2.62. The molecule has 0 radical (unpaired) electrons. The summed E-state index contributed by atoms with van der Waals surface area (Å²) in [5.41, 5.74) is 7.10. The Balaban J connectivity index is 1.44. The van der Waals surface area contributed by atoms with Crippen LogP contribution in [0.25, 0.3) is 0 Å². The molecule has 0 aliphatic heterocycles. The average molecular weight is 403 g/mol. The number of hydrogen-bond acceptors (Lipinski definition) is 2. The van der Waals surface area contributed by atoms with Crippen LogP contribution >= 0.6 is 0 Å². The molecule has 2 heterocycles. The molecule has 0 amide bonds. The van der Waals surface area contributed by atoms with Crippen molar-refractivity contribution >= 4 is 0 Å². The molecule has 2 saturated carbocycles. The zero-order chi connectivity index (χ0) is 21.2. The lowest BCUT2D eigenvalue weighted by Gasteiger charge is -2.56. The quantitative estimate of drug-likeness (QED) is 0.497. The molecule has 4 atom stereocenters. The van der Waals surface area contributed by atoms with Gasteiger partial charge < -0.3 is 5.21 Å². The maximum atomic E-state index is 13.7. The molecule has 0 saturated heterocycles. The van der Waals surface area contributed by atoms with Gasteiger partial charge in [0, 0.05) is 23.2 Å². The molecule has 158 valence electrons. The van der Waals surface area contributed by atoms with E-state index in [1.807, 2.05) is 0 Å². The highest BCUT2D eigenvalue weighted by atomic mass is 16.5. The van der Waals surface area contributed by atoms with Gasteiger partial charge in [0.05, 0.1) is 17.0 Å². The van der Waals surface area contributed by atoms with Gasteiger partial charge in [0.25, 0.3) is 0 Å². The van der Waals surface area contributed by atoms with Crippen LogP contribution in [0, 0.1) is 27.9 Å². The third-order valence-corrected chi connectivity index (χ3v) is 10.0. The van der Waals surface area contributed by atoms with Crippen LogP contribution in [-0.4, -0.2) is 4.98 Å². The van der Waals surface area contributed by atoms with Gasteiger partial charge in [-0.2, -0.15) is 4.73 Å². The van der Waals surface area contributed by atoms with Crippen LogP contribution in [-0.2, 0) is 18.3 Å². The van der Waals surface area contributed by atoms with Crippen LogP contribution in [0.2, 0.25) is 0 Å². The summed E-state index contributed by atoms with van der Waals surface area (Å²) in [6.07, 6.45) is 4.65. The van der Waals surface area contributed by atoms with E-state index in [4.69, 9.17) is 4.98 Å². The molecule has 0 N–H and O–H groups in total. The molecule has 0 spiro atoms. The van der Waals surface area contributed by atoms with E-state index >= 15 is 0 Å². The largest absolute Gasteiger partial charge is 0.618 e. The smallest absolute Gasteiger partial charge is 0.204 e. The molecule has 6 aliphatic carbocycles. The van der Waals surface area contributed by atoms with Crippen LogP contribution in [0.1, 0.15) is 100 Å². The Labute approximate surface area is 180 Å². The standard InChI is InChI=1S/C27H34N2O/c1-25(2)17-11-15-7-9-21(28-23(15)19(25)13-17)27(5,6)22-10-8-16-12-18-14-20(26(18,3)4)24(16)29(22)30/h7-10,17-20H,11-14H2,1-6H3/t17-,18-,19-,20-/m0/s1. The Bertz CT molecular complexity index is 1080. The zero-order valence-electron chi connectivity index (χ0n) is 19.2. The van der Waals surface area contributed by atoms with Crippen molar-refractivity contribution in [1.82, 2.24) is 4.98 Å². The van der Waals surface area contributed by atoms with E-state index in [0.29, 0.717) is 17.3 Å². The second-order valence-electron chi connectivity index (χ2n) is 12.3. The van der Waals surface area contributed by atoms with E-state index in [-0.39, 0.29) is 5.41 Å². The lowest BCUT2D eigenvalue weighted by Crippen LogP contribution is -2.56. The first-order valence-corrected chi connectivity index (χ1v) is 11.8. The van der Waals surface area contributed by atoms with Gasteiger partial charge in [-0.1, -0.05) is 33.8 Å². The third kappa shape index (κ3) is 2.12. The maximum Gasteiger partial charge on any atom is 0.204 e. The van der Waals surface area contributed by atoms with Gasteiger partial charge in [0.2, 0.25) is 5.69 Å². The Morgan fingerprint density at radius 3 is 2.17 bits per heavy atom. The maximum absolute atomic E-state index is 13.7. The molecule has 3 nitrogen and oxygen atoms in total. The fourth-order valence-electron chi connectivity index (χ4n) is 7.23. The molecule has 8 rings (SSSR count). The third-order valence-electron chi connectivity index (χ3n) is 10.0. The van der Waals surface area contributed by atoms with E-state index in [1.165, 1.54) is 34.4 Å². The summed E-state index contributed by atoms with van der Waals surface area (Å²) in [6, 6.07) is 8.78. The van der Waals surface area contributed by atoms with Crippen molar-refractivity contribution < 1.29 is 4.73 Å². The van der Waals surface area contributed by atoms with E-state index < -0.39 is 5.41 Å². The minimum atomic E-state index is -0.415. The van der Waals surface area contributed by atoms with Crippen LogP contribution in [0.3, 0.4) is 0 Å². The molecule has 0 unspecified atom stereocenters. The fraction of sp³-hybridized carbons (Fsp3) is 0.630. The number of nitrogens with zero attached hydrogens (tertiary/aromatic N) is 2. The van der Waals surface area contributed by atoms with Gasteiger partial charge in [0.1, 0.15) is 0 Å². The van der Waals surface area contributed by atoms with Gasteiger partial charge in [-0.3, -0.25) is 4.98 Å². The summed E-state index contributed by atoms with van der Waals surface area (Å²) < 4.78 is 1.29. The van der Waals surface area contributed by atoms with Gasteiger partial charge in [-0.05, 0) is 79.9 Å². The molecular formula is C27H34N2O. The SMILES string of the molecule is CC(C)(c1ccc2c(n1)[C@@H]1C[C@H](C2)C1(C)C)c1ccc2c([n+]1[O-])[C@@H]1C[C@H](C2)C1(C)C. The average Bonchev–Trinajstić information content (AvgIpc) is 2.72. The Morgan fingerprint density at radius 2 is 1.50 bits per heavy atom. The van der Waals surface area contributed by atoms with Crippen molar-refractivity contribution in [2.45, 2.75) is 84.5 Å². The van der Waals surface area contributed by atoms with Crippen LogP contribution in [0.15, 0.2) is 24.3 Å². The second-order valence-corrected chi connectivity index (χ2v) is 12.3. The fourth-order valence-corrected chi connectivity index (χ4v) is 7.23. The molecule has 3 heteroatoms. The van der Waals surface area contributed by atoms with Crippen LogP contribution < -0.4 is 4.73 Å². The zero-order valence-corrected chi connectivity index (χ0v) is 19.2. The summed E-state index contributed by atoms with van der Waals surface area (Å²) in [7, 11) is 0. The predicted molar refractivity (Wildman–Crippen MR) is 118 cm³/mol. The first-order valence-electron chi connectivity index (χ1n) is 11.8. The van der Waals surface area contributed by atoms with Gasteiger partial charge in [-0.25, -0.2) is 0 Å². The molecule has 0 aromatic carbocycles. The van der Waals surface area contributed by atoms with Crippen LogP contribution in [0.4, 0.5) is 0 Å². The van der Waals surface area contributed by atoms with Crippen molar-refractivity contribution in [1.29, 1.82) is 0 Å². The van der Waals surface area contributed by atoms with Crippen LogP contribution in [0.5, 0.6) is 0 Å². The monoisotopic (exact) mass is 402 g/mol. The van der Waals surface area contributed by atoms with E-state index in [2.05, 4.69) is 65.8 Å². The molecule has 2 fully saturated rings.